The van der Waals surface area contributed by atoms with Crippen LogP contribution in [0.5, 0.6) is 11.5 Å². The molecule has 156 valence electrons. The standard InChI is InChI=1S/C20H15BrClNO6S/c1-28-15-7-12(6-14(21)18(15)29-10-17(24)25)8-16-19(26)23(20(27)30-16)9-11-2-4-13(22)5-3-11/h2-8H,9-10H2,1H3,(H,24,25)/b16-8-. The highest BCUT2D eigenvalue weighted by atomic mass is 79.9. The van der Waals surface area contributed by atoms with Gasteiger partial charge in [-0.15, -0.1) is 0 Å². The van der Waals surface area contributed by atoms with Gasteiger partial charge in [0.1, 0.15) is 0 Å². The molecule has 0 unspecified atom stereocenters. The van der Waals surface area contributed by atoms with E-state index < -0.39 is 18.5 Å². The fraction of sp³-hybridized carbons (Fsp3) is 0.150. The number of ether oxygens (including phenoxy) is 2. The summed E-state index contributed by atoms with van der Waals surface area (Å²) in [6.45, 7) is -0.383. The summed E-state index contributed by atoms with van der Waals surface area (Å²) in [5.74, 6) is -1.01. The number of amides is 2. The molecule has 0 spiro atoms. The average molecular weight is 513 g/mol. The van der Waals surface area contributed by atoms with Crippen LogP contribution in [0.1, 0.15) is 11.1 Å². The van der Waals surface area contributed by atoms with Crippen LogP contribution in [-0.4, -0.2) is 40.8 Å². The molecule has 1 aliphatic rings. The van der Waals surface area contributed by atoms with E-state index in [0.29, 0.717) is 15.1 Å². The number of hydrogen-bond donors (Lipinski definition) is 1. The Morgan fingerprint density at radius 2 is 1.97 bits per heavy atom. The third kappa shape index (κ3) is 5.16. The van der Waals surface area contributed by atoms with Gasteiger partial charge in [-0.3, -0.25) is 14.5 Å². The van der Waals surface area contributed by atoms with Crippen LogP contribution in [-0.2, 0) is 16.1 Å². The van der Waals surface area contributed by atoms with E-state index in [2.05, 4.69) is 15.9 Å². The second kappa shape index (κ2) is 9.55. The molecule has 0 radical (unpaired) electrons. The quantitative estimate of drug-likeness (QED) is 0.532. The first-order valence-electron chi connectivity index (χ1n) is 8.50. The van der Waals surface area contributed by atoms with Crippen LogP contribution in [0.2, 0.25) is 5.02 Å². The molecular formula is C20H15BrClNO6S. The lowest BCUT2D eigenvalue weighted by molar-refractivity contribution is -0.139. The highest BCUT2D eigenvalue weighted by molar-refractivity contribution is 9.10. The number of hydrogen-bond acceptors (Lipinski definition) is 6. The van der Waals surface area contributed by atoms with Gasteiger partial charge in [-0.2, -0.15) is 0 Å². The Labute approximate surface area is 189 Å². The maximum Gasteiger partial charge on any atom is 0.341 e. The summed E-state index contributed by atoms with van der Waals surface area (Å²) in [7, 11) is 1.42. The van der Waals surface area contributed by atoms with Crippen LogP contribution in [0.25, 0.3) is 6.08 Å². The summed E-state index contributed by atoms with van der Waals surface area (Å²) in [4.78, 5) is 37.3. The maximum absolute atomic E-state index is 12.7. The Kier molecular flexibility index (Phi) is 7.06. The number of imide groups is 1. The molecule has 0 aliphatic carbocycles. The molecule has 0 saturated carbocycles. The number of carbonyl (C=O) groups is 3. The number of benzene rings is 2. The van der Waals surface area contributed by atoms with Gasteiger partial charge in [0.15, 0.2) is 18.1 Å². The number of carboxylic acids is 1. The van der Waals surface area contributed by atoms with E-state index >= 15 is 0 Å². The van der Waals surface area contributed by atoms with E-state index in [-0.39, 0.29) is 28.2 Å². The number of nitrogens with zero attached hydrogens (tertiary/aromatic N) is 1. The predicted molar refractivity (Wildman–Crippen MR) is 117 cm³/mol. The van der Waals surface area contributed by atoms with Crippen LogP contribution in [0.15, 0.2) is 45.8 Å². The second-order valence-corrected chi connectivity index (χ2v) is 8.39. The molecule has 30 heavy (non-hydrogen) atoms. The summed E-state index contributed by atoms with van der Waals surface area (Å²) in [6, 6.07) is 10.1. The van der Waals surface area contributed by atoms with E-state index in [4.69, 9.17) is 26.2 Å². The average Bonchev–Trinajstić information content (AvgIpc) is 2.95. The normalized spacial score (nSPS) is 15.0. The van der Waals surface area contributed by atoms with Crippen LogP contribution in [0.4, 0.5) is 4.79 Å². The molecule has 0 atom stereocenters. The summed E-state index contributed by atoms with van der Waals surface area (Å²) in [5, 5.41) is 9.00. The largest absolute Gasteiger partial charge is 0.493 e. The van der Waals surface area contributed by atoms with Gasteiger partial charge in [0.2, 0.25) is 0 Å². The van der Waals surface area contributed by atoms with E-state index in [1.807, 2.05) is 0 Å². The molecule has 1 saturated heterocycles. The third-order valence-corrected chi connectivity index (χ3v) is 5.77. The van der Waals surface area contributed by atoms with Gasteiger partial charge >= 0.3 is 5.97 Å². The van der Waals surface area contributed by atoms with Crippen molar-refractivity contribution in [2.45, 2.75) is 6.54 Å². The van der Waals surface area contributed by atoms with Crippen molar-refractivity contribution < 1.29 is 29.0 Å². The monoisotopic (exact) mass is 511 g/mol. The molecule has 7 nitrogen and oxygen atoms in total. The predicted octanol–water partition coefficient (Wildman–Crippen LogP) is 4.81. The Balaban J connectivity index is 1.83. The molecule has 0 aromatic heterocycles. The van der Waals surface area contributed by atoms with Gasteiger partial charge in [0.25, 0.3) is 11.1 Å². The lowest BCUT2D eigenvalue weighted by Crippen LogP contribution is -2.27. The number of halogens is 2. The minimum Gasteiger partial charge on any atom is -0.493 e. The number of carboxylic acid groups (broad SMARTS) is 1. The molecule has 1 heterocycles. The van der Waals surface area contributed by atoms with Crippen molar-refractivity contribution in [3.63, 3.8) is 0 Å². The van der Waals surface area contributed by atoms with E-state index in [9.17, 15) is 14.4 Å². The Morgan fingerprint density at radius 1 is 1.27 bits per heavy atom. The molecule has 2 aromatic carbocycles. The SMILES string of the molecule is COc1cc(/C=C2\SC(=O)N(Cc3ccc(Cl)cc3)C2=O)cc(Br)c1OCC(=O)O. The zero-order valence-corrected chi connectivity index (χ0v) is 18.7. The first kappa shape index (κ1) is 22.2. The summed E-state index contributed by atoms with van der Waals surface area (Å²) < 4.78 is 11.0. The molecule has 2 amide bonds. The first-order valence-corrected chi connectivity index (χ1v) is 10.5. The number of rotatable bonds is 7. The van der Waals surface area contributed by atoms with E-state index in [1.165, 1.54) is 7.11 Å². The molecular weight excluding hydrogens is 498 g/mol. The molecule has 10 heteroatoms. The van der Waals surface area contributed by atoms with Gasteiger partial charge in [0.05, 0.1) is 23.0 Å². The van der Waals surface area contributed by atoms with Crippen LogP contribution < -0.4 is 9.47 Å². The zero-order valence-electron chi connectivity index (χ0n) is 15.6. The van der Waals surface area contributed by atoms with E-state index in [1.54, 1.807) is 42.5 Å². The number of thioether (sulfide) groups is 1. The fourth-order valence-electron chi connectivity index (χ4n) is 2.66. The minimum absolute atomic E-state index is 0.147. The van der Waals surface area contributed by atoms with Gasteiger partial charge in [-0.1, -0.05) is 23.7 Å². The number of carbonyl (C=O) groups excluding carboxylic acids is 2. The van der Waals surface area contributed by atoms with Crippen molar-refractivity contribution in [1.82, 2.24) is 4.90 Å². The summed E-state index contributed by atoms with van der Waals surface area (Å²) in [6.07, 6.45) is 1.57. The van der Waals surface area contributed by atoms with Gasteiger partial charge < -0.3 is 14.6 Å². The highest BCUT2D eigenvalue weighted by Gasteiger charge is 2.35. The lowest BCUT2D eigenvalue weighted by atomic mass is 10.1. The first-order chi connectivity index (χ1) is 14.3. The van der Waals surface area contributed by atoms with E-state index in [0.717, 1.165) is 22.2 Å². The minimum atomic E-state index is -1.12. The zero-order chi connectivity index (χ0) is 21.8. The number of methoxy groups -OCH3 is 1. The summed E-state index contributed by atoms with van der Waals surface area (Å²) in [5.41, 5.74) is 1.37. The van der Waals surface area contributed by atoms with Crippen molar-refractivity contribution in [3.8, 4) is 11.5 Å². The van der Waals surface area contributed by atoms with Crippen molar-refractivity contribution in [2.24, 2.45) is 0 Å². The van der Waals surface area contributed by atoms with Crippen molar-refractivity contribution in [3.05, 3.63) is 61.9 Å². The summed E-state index contributed by atoms with van der Waals surface area (Å²) >= 11 is 10.0. The van der Waals surface area contributed by atoms with Gasteiger partial charge in [-0.25, -0.2) is 4.79 Å². The molecule has 1 fully saturated rings. The third-order valence-electron chi connectivity index (χ3n) is 4.02. The molecule has 1 aliphatic heterocycles. The van der Waals surface area contributed by atoms with Crippen molar-refractivity contribution in [2.75, 3.05) is 13.7 Å². The van der Waals surface area contributed by atoms with Crippen LogP contribution in [0.3, 0.4) is 0 Å². The second-order valence-electron chi connectivity index (χ2n) is 6.11. The molecule has 2 aromatic rings. The topological polar surface area (TPSA) is 93.1 Å². The van der Waals surface area contributed by atoms with Crippen molar-refractivity contribution in [1.29, 1.82) is 0 Å². The number of aliphatic carboxylic acids is 1. The van der Waals surface area contributed by atoms with Crippen LogP contribution in [0, 0.1) is 0 Å². The Morgan fingerprint density at radius 3 is 2.60 bits per heavy atom. The van der Waals surface area contributed by atoms with Gasteiger partial charge in [0, 0.05) is 5.02 Å². The van der Waals surface area contributed by atoms with Crippen molar-refractivity contribution >= 4 is 62.5 Å². The fourth-order valence-corrected chi connectivity index (χ4v) is 4.20. The molecule has 0 bridgehead atoms. The maximum atomic E-state index is 12.7. The van der Waals surface area contributed by atoms with Gasteiger partial charge in [-0.05, 0) is 69.2 Å². The molecule has 3 rings (SSSR count). The smallest absolute Gasteiger partial charge is 0.341 e. The highest BCUT2D eigenvalue weighted by Crippen LogP contribution is 2.39. The lowest BCUT2D eigenvalue weighted by Gasteiger charge is -2.13. The van der Waals surface area contributed by atoms with Crippen LogP contribution >= 0.6 is 39.3 Å². The Hall–Kier alpha value is -2.49. The Bertz CT molecular complexity index is 1040. The molecule has 1 N–H and O–H groups in total.